The normalized spacial score (nSPS) is 15.1. The molecule has 0 aromatic heterocycles. The van der Waals surface area contributed by atoms with Gasteiger partial charge < -0.3 is 9.80 Å². The molecule has 2 nitrogen and oxygen atoms in total. The van der Waals surface area contributed by atoms with Crippen molar-refractivity contribution in [3.63, 3.8) is 0 Å². The van der Waals surface area contributed by atoms with Gasteiger partial charge in [-0.2, -0.15) is 0 Å². The van der Waals surface area contributed by atoms with E-state index in [-0.39, 0.29) is 0 Å². The van der Waals surface area contributed by atoms with E-state index in [1.807, 2.05) is 0 Å². The highest BCUT2D eigenvalue weighted by Gasteiger charge is 2.11. The number of benzene rings is 1. The van der Waals surface area contributed by atoms with Gasteiger partial charge in [-0.15, -0.1) is 0 Å². The molecule has 0 heterocycles. The van der Waals surface area contributed by atoms with E-state index in [1.165, 1.54) is 30.1 Å². The number of likely N-dealkylation sites (N-methyl/N-ethyl adjacent to an activating group) is 2. The van der Waals surface area contributed by atoms with Gasteiger partial charge in [-0.1, -0.05) is 37.3 Å². The van der Waals surface area contributed by atoms with Crippen molar-refractivity contribution in [2.75, 3.05) is 40.8 Å². The Bertz CT molecular complexity index is 282. The van der Waals surface area contributed by atoms with Crippen LogP contribution >= 0.6 is 0 Å². The molecule has 0 bridgehead atoms. The zero-order valence-electron chi connectivity index (χ0n) is 11.1. The molecular formula is C14H26N2+2. The number of hydrogen-bond donors (Lipinski definition) is 2. The minimum atomic E-state index is 0.651. The third-order valence-corrected chi connectivity index (χ3v) is 3.08. The predicted octanol–water partition coefficient (Wildman–Crippen LogP) is -0.551. The second kappa shape index (κ2) is 6.66. The fourth-order valence-corrected chi connectivity index (χ4v) is 1.99. The molecule has 1 unspecified atom stereocenters. The molecule has 0 spiro atoms. The average molecular weight is 222 g/mol. The molecule has 0 aliphatic carbocycles. The smallest absolute Gasteiger partial charge is 0.127 e. The van der Waals surface area contributed by atoms with Crippen LogP contribution in [0.15, 0.2) is 30.3 Å². The van der Waals surface area contributed by atoms with E-state index in [2.05, 4.69) is 58.4 Å². The third kappa shape index (κ3) is 4.77. The van der Waals surface area contributed by atoms with Crippen molar-refractivity contribution in [2.24, 2.45) is 0 Å². The van der Waals surface area contributed by atoms with Crippen molar-refractivity contribution >= 4 is 0 Å². The molecule has 1 aromatic rings. The molecule has 2 heteroatoms. The van der Waals surface area contributed by atoms with Crippen LogP contribution in [0.4, 0.5) is 0 Å². The zero-order chi connectivity index (χ0) is 12.0. The van der Waals surface area contributed by atoms with Crippen LogP contribution in [0.5, 0.6) is 0 Å². The SMILES string of the molecule is C[C@H](C[NH+](C)CC[NH+](C)C)c1ccccc1. The lowest BCUT2D eigenvalue weighted by atomic mass is 10.0. The van der Waals surface area contributed by atoms with E-state index in [0.29, 0.717) is 5.92 Å². The minimum absolute atomic E-state index is 0.651. The summed E-state index contributed by atoms with van der Waals surface area (Å²) in [6, 6.07) is 10.8. The predicted molar refractivity (Wildman–Crippen MR) is 69.2 cm³/mol. The zero-order valence-corrected chi connectivity index (χ0v) is 11.1. The Balaban J connectivity index is 2.36. The molecular weight excluding hydrogens is 196 g/mol. The van der Waals surface area contributed by atoms with Crippen molar-refractivity contribution < 1.29 is 9.80 Å². The van der Waals surface area contributed by atoms with Crippen LogP contribution in [0.3, 0.4) is 0 Å². The van der Waals surface area contributed by atoms with Crippen LogP contribution in [0.1, 0.15) is 18.4 Å². The molecule has 0 radical (unpaired) electrons. The molecule has 2 N–H and O–H groups in total. The van der Waals surface area contributed by atoms with Gasteiger partial charge in [-0.3, -0.25) is 0 Å². The lowest BCUT2D eigenvalue weighted by Crippen LogP contribution is -3.16. The van der Waals surface area contributed by atoms with Crippen LogP contribution < -0.4 is 9.80 Å². The summed E-state index contributed by atoms with van der Waals surface area (Å²) < 4.78 is 0. The van der Waals surface area contributed by atoms with Crippen molar-refractivity contribution in [3.05, 3.63) is 35.9 Å². The first-order chi connectivity index (χ1) is 7.59. The first-order valence-corrected chi connectivity index (χ1v) is 6.25. The number of hydrogen-bond acceptors (Lipinski definition) is 0. The van der Waals surface area contributed by atoms with Gasteiger partial charge in [0, 0.05) is 5.92 Å². The molecule has 90 valence electrons. The van der Waals surface area contributed by atoms with Crippen LogP contribution in [0, 0.1) is 0 Å². The topological polar surface area (TPSA) is 8.88 Å². The van der Waals surface area contributed by atoms with E-state index in [0.717, 1.165) is 0 Å². The Morgan fingerprint density at radius 2 is 1.62 bits per heavy atom. The summed E-state index contributed by atoms with van der Waals surface area (Å²) in [5.74, 6) is 0.651. The summed E-state index contributed by atoms with van der Waals surface area (Å²) in [4.78, 5) is 3.16. The van der Waals surface area contributed by atoms with Crippen molar-refractivity contribution in [1.82, 2.24) is 0 Å². The van der Waals surface area contributed by atoms with Gasteiger partial charge in [0.25, 0.3) is 0 Å². The molecule has 16 heavy (non-hydrogen) atoms. The molecule has 0 saturated carbocycles. The van der Waals surface area contributed by atoms with Crippen LogP contribution in [-0.2, 0) is 0 Å². The molecule has 0 aliphatic rings. The molecule has 0 amide bonds. The number of nitrogens with one attached hydrogen (secondary N) is 2. The average Bonchev–Trinajstić information content (AvgIpc) is 2.27. The number of quaternary nitrogens is 2. The first kappa shape index (κ1) is 13.2. The largest absolute Gasteiger partial charge is 0.335 e. The van der Waals surface area contributed by atoms with E-state index in [1.54, 1.807) is 4.90 Å². The molecule has 0 saturated heterocycles. The van der Waals surface area contributed by atoms with E-state index >= 15 is 0 Å². The van der Waals surface area contributed by atoms with Gasteiger partial charge in [0.05, 0.1) is 27.7 Å². The lowest BCUT2D eigenvalue weighted by molar-refractivity contribution is -0.930. The Labute approximate surface area is 99.9 Å². The van der Waals surface area contributed by atoms with Gasteiger partial charge in [0.15, 0.2) is 0 Å². The maximum atomic E-state index is 2.32. The Hall–Kier alpha value is -0.860. The van der Waals surface area contributed by atoms with Crippen LogP contribution in [-0.4, -0.2) is 40.8 Å². The fourth-order valence-electron chi connectivity index (χ4n) is 1.99. The Morgan fingerprint density at radius 3 is 2.19 bits per heavy atom. The molecule has 2 atom stereocenters. The Morgan fingerprint density at radius 1 is 1.00 bits per heavy atom. The first-order valence-electron chi connectivity index (χ1n) is 6.25. The lowest BCUT2D eigenvalue weighted by Gasteiger charge is -2.19. The highest BCUT2D eigenvalue weighted by Crippen LogP contribution is 2.11. The summed E-state index contributed by atoms with van der Waals surface area (Å²) in [7, 11) is 6.73. The summed E-state index contributed by atoms with van der Waals surface area (Å²) in [6.07, 6.45) is 0. The van der Waals surface area contributed by atoms with Crippen LogP contribution in [0.2, 0.25) is 0 Å². The maximum absolute atomic E-state index is 2.32. The highest BCUT2D eigenvalue weighted by atomic mass is 15.1. The molecule has 1 rings (SSSR count). The van der Waals surface area contributed by atoms with Gasteiger partial charge in [0.1, 0.15) is 13.1 Å². The standard InChI is InChI=1S/C14H24N2/c1-13(14-8-6-5-7-9-14)12-16(4)11-10-15(2)3/h5-9,13H,10-12H2,1-4H3/p+2/t13-/m1/s1. The van der Waals surface area contributed by atoms with Crippen molar-refractivity contribution in [2.45, 2.75) is 12.8 Å². The van der Waals surface area contributed by atoms with E-state index in [9.17, 15) is 0 Å². The molecule has 0 aliphatic heterocycles. The molecule has 0 fully saturated rings. The highest BCUT2D eigenvalue weighted by molar-refractivity contribution is 5.18. The minimum Gasteiger partial charge on any atom is -0.335 e. The monoisotopic (exact) mass is 222 g/mol. The van der Waals surface area contributed by atoms with Gasteiger partial charge >= 0.3 is 0 Å². The second-order valence-corrected chi connectivity index (χ2v) is 5.18. The van der Waals surface area contributed by atoms with E-state index in [4.69, 9.17) is 0 Å². The van der Waals surface area contributed by atoms with Crippen molar-refractivity contribution in [1.29, 1.82) is 0 Å². The van der Waals surface area contributed by atoms with Crippen molar-refractivity contribution in [3.8, 4) is 0 Å². The van der Waals surface area contributed by atoms with Gasteiger partial charge in [0.2, 0.25) is 0 Å². The van der Waals surface area contributed by atoms with Crippen LogP contribution in [0.25, 0.3) is 0 Å². The maximum Gasteiger partial charge on any atom is 0.127 e. The second-order valence-electron chi connectivity index (χ2n) is 5.18. The summed E-state index contributed by atoms with van der Waals surface area (Å²) in [5.41, 5.74) is 1.46. The van der Waals surface area contributed by atoms with Gasteiger partial charge in [-0.25, -0.2) is 0 Å². The summed E-state index contributed by atoms with van der Waals surface area (Å²) >= 11 is 0. The van der Waals surface area contributed by atoms with Gasteiger partial charge in [-0.05, 0) is 5.56 Å². The quantitative estimate of drug-likeness (QED) is 0.639. The summed E-state index contributed by atoms with van der Waals surface area (Å²) in [5, 5.41) is 0. The van der Waals surface area contributed by atoms with E-state index < -0.39 is 0 Å². The molecule has 1 aromatic carbocycles. The Kier molecular flexibility index (Phi) is 5.50. The number of rotatable bonds is 6. The third-order valence-electron chi connectivity index (χ3n) is 3.08. The summed E-state index contributed by atoms with van der Waals surface area (Å²) in [6.45, 7) is 6.03. The fraction of sp³-hybridized carbons (Fsp3) is 0.571.